The lowest BCUT2D eigenvalue weighted by atomic mass is 9.91. The molecule has 1 amide bonds. The second-order valence-electron chi connectivity index (χ2n) is 6.64. The van der Waals surface area contributed by atoms with Crippen molar-refractivity contribution < 1.29 is 23.9 Å². The standard InChI is InChI=1S/C18H22N2O5.ClH/c1-24-16(22)11-7-12(17(23)25-2)9-13(8-11)20-15(21)14-10-18(14)3-5-19-6-4-18;/h7-9,14,19H,3-6,10H2,1-2H3,(H,20,21);1H. The smallest absolute Gasteiger partial charge is 0.337 e. The fourth-order valence-corrected chi connectivity index (χ4v) is 3.60. The molecular weight excluding hydrogens is 360 g/mol. The number of methoxy groups -OCH3 is 2. The van der Waals surface area contributed by atoms with Crippen LogP contribution in [-0.2, 0) is 14.3 Å². The predicted octanol–water partition coefficient (Wildman–Crippen LogP) is 2.01. The molecule has 1 aliphatic carbocycles. The number of anilines is 1. The Bertz CT molecular complexity index is 681. The molecule has 1 heterocycles. The summed E-state index contributed by atoms with van der Waals surface area (Å²) in [4.78, 5) is 36.2. The summed E-state index contributed by atoms with van der Waals surface area (Å²) in [5.74, 6) is -1.25. The summed E-state index contributed by atoms with van der Waals surface area (Å²) in [5.41, 5.74) is 0.881. The summed E-state index contributed by atoms with van der Waals surface area (Å²) in [6.07, 6.45) is 2.89. The third-order valence-corrected chi connectivity index (χ3v) is 5.15. The van der Waals surface area contributed by atoms with E-state index in [1.807, 2.05) is 0 Å². The molecule has 1 saturated carbocycles. The van der Waals surface area contributed by atoms with Gasteiger partial charge in [0.25, 0.3) is 0 Å². The molecule has 7 nitrogen and oxygen atoms in total. The first-order chi connectivity index (χ1) is 12.0. The number of carbonyl (C=O) groups excluding carboxylic acids is 3. The largest absolute Gasteiger partial charge is 0.465 e. The number of piperidine rings is 1. The molecule has 2 fully saturated rings. The second kappa shape index (κ2) is 8.05. The van der Waals surface area contributed by atoms with Crippen molar-refractivity contribution in [3.05, 3.63) is 29.3 Å². The van der Waals surface area contributed by atoms with E-state index in [1.165, 1.54) is 32.4 Å². The van der Waals surface area contributed by atoms with Gasteiger partial charge in [-0.05, 0) is 56.0 Å². The second-order valence-corrected chi connectivity index (χ2v) is 6.64. The fourth-order valence-electron chi connectivity index (χ4n) is 3.60. The summed E-state index contributed by atoms with van der Waals surface area (Å²) in [6.45, 7) is 1.88. The van der Waals surface area contributed by atoms with Gasteiger partial charge in [-0.15, -0.1) is 12.4 Å². The first-order valence-electron chi connectivity index (χ1n) is 8.32. The fraction of sp³-hybridized carbons (Fsp3) is 0.500. The Morgan fingerprint density at radius 2 is 1.58 bits per heavy atom. The first kappa shape index (κ1) is 20.2. The van der Waals surface area contributed by atoms with Gasteiger partial charge < -0.3 is 20.1 Å². The van der Waals surface area contributed by atoms with E-state index in [0.717, 1.165) is 32.4 Å². The van der Waals surface area contributed by atoms with Crippen molar-refractivity contribution in [2.75, 3.05) is 32.6 Å². The molecule has 1 unspecified atom stereocenters. The Morgan fingerprint density at radius 3 is 2.08 bits per heavy atom. The van der Waals surface area contributed by atoms with Crippen LogP contribution in [0.2, 0.25) is 0 Å². The van der Waals surface area contributed by atoms with E-state index in [1.54, 1.807) is 0 Å². The van der Waals surface area contributed by atoms with Crippen LogP contribution in [0.3, 0.4) is 0 Å². The molecule has 1 atom stereocenters. The Hall–Kier alpha value is -2.12. The number of carbonyl (C=O) groups is 3. The van der Waals surface area contributed by atoms with Gasteiger partial charge in [-0.2, -0.15) is 0 Å². The van der Waals surface area contributed by atoms with Gasteiger partial charge in [-0.1, -0.05) is 0 Å². The molecule has 8 heteroatoms. The molecule has 142 valence electrons. The minimum absolute atomic E-state index is 0. The van der Waals surface area contributed by atoms with Gasteiger partial charge in [0.1, 0.15) is 0 Å². The van der Waals surface area contributed by atoms with Gasteiger partial charge >= 0.3 is 11.9 Å². The highest BCUT2D eigenvalue weighted by Gasteiger charge is 2.57. The summed E-state index contributed by atoms with van der Waals surface area (Å²) >= 11 is 0. The third kappa shape index (κ3) is 3.99. The number of amides is 1. The maximum absolute atomic E-state index is 12.6. The molecule has 0 radical (unpaired) electrons. The van der Waals surface area contributed by atoms with Crippen molar-refractivity contribution in [2.24, 2.45) is 11.3 Å². The van der Waals surface area contributed by atoms with Crippen LogP contribution in [0.1, 0.15) is 40.0 Å². The average Bonchev–Trinajstić information content (AvgIpc) is 3.33. The lowest BCUT2D eigenvalue weighted by Gasteiger charge is -2.23. The Balaban J connectivity index is 0.00000243. The quantitative estimate of drug-likeness (QED) is 0.774. The Kier molecular flexibility index (Phi) is 6.26. The highest BCUT2D eigenvalue weighted by Crippen LogP contribution is 2.58. The van der Waals surface area contributed by atoms with Gasteiger partial charge in [0.15, 0.2) is 0 Å². The molecule has 1 saturated heterocycles. The molecule has 3 rings (SSSR count). The van der Waals surface area contributed by atoms with Crippen molar-refractivity contribution in [1.29, 1.82) is 0 Å². The zero-order valence-electron chi connectivity index (χ0n) is 14.8. The molecular formula is C18H23ClN2O5. The molecule has 26 heavy (non-hydrogen) atoms. The minimum Gasteiger partial charge on any atom is -0.465 e. The SMILES string of the molecule is COC(=O)c1cc(NC(=O)C2CC23CCNCC3)cc(C(=O)OC)c1.Cl. The molecule has 2 N–H and O–H groups in total. The van der Waals surface area contributed by atoms with E-state index in [-0.39, 0.29) is 40.8 Å². The van der Waals surface area contributed by atoms with Crippen LogP contribution in [0.25, 0.3) is 0 Å². The summed E-state index contributed by atoms with van der Waals surface area (Å²) in [6, 6.07) is 4.40. The molecule has 1 aromatic carbocycles. The normalized spacial score (nSPS) is 19.8. The monoisotopic (exact) mass is 382 g/mol. The average molecular weight is 383 g/mol. The third-order valence-electron chi connectivity index (χ3n) is 5.15. The predicted molar refractivity (Wildman–Crippen MR) is 97.6 cm³/mol. The molecule has 1 spiro atoms. The number of nitrogens with one attached hydrogen (secondary N) is 2. The van der Waals surface area contributed by atoms with Gasteiger partial charge in [-0.3, -0.25) is 4.79 Å². The van der Waals surface area contributed by atoms with Crippen LogP contribution in [0.5, 0.6) is 0 Å². The van der Waals surface area contributed by atoms with Crippen LogP contribution < -0.4 is 10.6 Å². The number of benzene rings is 1. The number of esters is 2. The van der Waals surface area contributed by atoms with Gasteiger partial charge in [0.05, 0.1) is 25.3 Å². The summed E-state index contributed by atoms with van der Waals surface area (Å²) in [7, 11) is 2.52. The van der Waals surface area contributed by atoms with Crippen LogP contribution in [0, 0.1) is 11.3 Å². The Labute approximate surface area is 158 Å². The lowest BCUT2D eigenvalue weighted by molar-refractivity contribution is -0.118. The molecule has 1 aliphatic heterocycles. The van der Waals surface area contributed by atoms with Crippen LogP contribution in [-0.4, -0.2) is 45.2 Å². The van der Waals surface area contributed by atoms with E-state index in [0.29, 0.717) is 5.69 Å². The minimum atomic E-state index is -0.581. The van der Waals surface area contributed by atoms with E-state index >= 15 is 0 Å². The molecule has 0 aromatic heterocycles. The Morgan fingerprint density at radius 1 is 1.04 bits per heavy atom. The highest BCUT2D eigenvalue weighted by atomic mass is 35.5. The number of hydrogen-bond donors (Lipinski definition) is 2. The number of hydrogen-bond acceptors (Lipinski definition) is 6. The van der Waals surface area contributed by atoms with Crippen molar-refractivity contribution in [3.63, 3.8) is 0 Å². The van der Waals surface area contributed by atoms with Crippen LogP contribution >= 0.6 is 12.4 Å². The van der Waals surface area contributed by atoms with Crippen molar-refractivity contribution in [2.45, 2.75) is 19.3 Å². The lowest BCUT2D eigenvalue weighted by Crippen LogP contribution is -2.31. The van der Waals surface area contributed by atoms with E-state index in [2.05, 4.69) is 10.6 Å². The first-order valence-corrected chi connectivity index (χ1v) is 8.32. The topological polar surface area (TPSA) is 93.7 Å². The van der Waals surface area contributed by atoms with Gasteiger partial charge in [0.2, 0.25) is 5.91 Å². The van der Waals surface area contributed by atoms with Gasteiger partial charge in [0, 0.05) is 11.6 Å². The van der Waals surface area contributed by atoms with Crippen LogP contribution in [0.15, 0.2) is 18.2 Å². The molecule has 2 aliphatic rings. The highest BCUT2D eigenvalue weighted by molar-refractivity contribution is 6.00. The van der Waals surface area contributed by atoms with Gasteiger partial charge in [-0.25, -0.2) is 9.59 Å². The zero-order chi connectivity index (χ0) is 18.0. The van der Waals surface area contributed by atoms with Crippen molar-refractivity contribution in [1.82, 2.24) is 5.32 Å². The number of ether oxygens (including phenoxy) is 2. The molecule has 1 aromatic rings. The maximum Gasteiger partial charge on any atom is 0.337 e. The zero-order valence-corrected chi connectivity index (χ0v) is 15.6. The molecule has 0 bridgehead atoms. The van der Waals surface area contributed by atoms with E-state index in [4.69, 9.17) is 9.47 Å². The summed E-state index contributed by atoms with van der Waals surface area (Å²) < 4.78 is 9.41. The van der Waals surface area contributed by atoms with Crippen molar-refractivity contribution >= 4 is 35.9 Å². The summed E-state index contributed by atoms with van der Waals surface area (Å²) in [5, 5.41) is 6.15. The van der Waals surface area contributed by atoms with Crippen molar-refractivity contribution in [3.8, 4) is 0 Å². The maximum atomic E-state index is 12.6. The van der Waals surface area contributed by atoms with E-state index < -0.39 is 11.9 Å². The van der Waals surface area contributed by atoms with E-state index in [9.17, 15) is 14.4 Å². The number of rotatable bonds is 4. The number of halogens is 1. The van der Waals surface area contributed by atoms with Crippen LogP contribution in [0.4, 0.5) is 5.69 Å².